The van der Waals surface area contributed by atoms with E-state index in [-0.39, 0.29) is 0 Å². The number of hydrogen-bond donors (Lipinski definition) is 1. The quantitative estimate of drug-likeness (QED) is 0.0527. The van der Waals surface area contributed by atoms with Gasteiger partial charge in [0, 0.05) is 10.2 Å². The van der Waals surface area contributed by atoms with Gasteiger partial charge in [-0.15, -0.1) is 0 Å². The predicted octanol–water partition coefficient (Wildman–Crippen LogP) is 18.0. The smallest absolute Gasteiger partial charge is 0.0360 e. The maximum Gasteiger partial charge on any atom is 0.0360 e. The second-order valence-corrected chi connectivity index (χ2v) is 16.9. The van der Waals surface area contributed by atoms with Gasteiger partial charge in [-0.25, -0.2) is 0 Å². The minimum Gasteiger partial charge on any atom is -0.398 e. The molecule has 0 aliphatic carbocycles. The molecule has 0 spiro atoms. The second kappa shape index (κ2) is 37.3. The number of benzene rings is 1. The first kappa shape index (κ1) is 46.5. The van der Waals surface area contributed by atoms with Gasteiger partial charge in [0.1, 0.15) is 0 Å². The van der Waals surface area contributed by atoms with E-state index in [0.29, 0.717) is 5.92 Å². The molecular weight excluding hydrogens is 658 g/mol. The van der Waals surface area contributed by atoms with Gasteiger partial charge in [-0.05, 0) is 36.5 Å². The van der Waals surface area contributed by atoms with Gasteiger partial charge in [0.25, 0.3) is 0 Å². The first-order valence-corrected chi connectivity index (χ1v) is 23.5. The fourth-order valence-electron chi connectivity index (χ4n) is 8.00. The molecule has 0 aromatic heterocycles. The molecule has 49 heavy (non-hydrogen) atoms. The summed E-state index contributed by atoms with van der Waals surface area (Å²) in [4.78, 5) is 0. The van der Waals surface area contributed by atoms with Gasteiger partial charge in [0.15, 0.2) is 0 Å². The normalized spacial score (nSPS) is 12.2. The molecule has 0 radical (unpaired) electrons. The molecular formula is C47H88BrN. The average molecular weight is 747 g/mol. The van der Waals surface area contributed by atoms with Crippen LogP contribution >= 0.6 is 15.9 Å². The number of anilines is 1. The Hall–Kier alpha value is -0.500. The van der Waals surface area contributed by atoms with Crippen molar-refractivity contribution in [2.75, 3.05) is 5.73 Å². The van der Waals surface area contributed by atoms with Crippen LogP contribution in [0.25, 0.3) is 0 Å². The molecule has 0 heterocycles. The van der Waals surface area contributed by atoms with Crippen LogP contribution in [0.1, 0.15) is 269 Å². The van der Waals surface area contributed by atoms with Crippen LogP contribution in [-0.4, -0.2) is 0 Å². The van der Waals surface area contributed by atoms with Crippen LogP contribution in [0.15, 0.2) is 22.7 Å². The van der Waals surface area contributed by atoms with Crippen LogP contribution in [-0.2, 0) is 0 Å². The Kier molecular flexibility index (Phi) is 35.4. The standard InChI is InChI=1S/C47H88BrN/c1-3-5-7-9-11-13-15-17-18-19-20-21-22-23-24-25-26-28-30-32-34-36-38-41-44(47-45(48)42-39-43-46(47)49)40-37-35-33-31-29-27-16-14-12-10-8-6-4-2/h39,42-44H,3-38,40-41,49H2,1-2H3. The summed E-state index contributed by atoms with van der Waals surface area (Å²) in [5, 5.41) is 0. The molecule has 2 heteroatoms. The third-order valence-electron chi connectivity index (χ3n) is 11.3. The number of nitrogen functional groups attached to an aromatic ring is 1. The first-order chi connectivity index (χ1) is 24.2. The van der Waals surface area contributed by atoms with Crippen molar-refractivity contribution in [3.8, 4) is 0 Å². The third kappa shape index (κ3) is 29.7. The van der Waals surface area contributed by atoms with Crippen LogP contribution in [0.5, 0.6) is 0 Å². The number of nitrogens with two attached hydrogens (primary N) is 1. The largest absolute Gasteiger partial charge is 0.398 e. The maximum absolute atomic E-state index is 6.52. The Morgan fingerprint density at radius 1 is 0.388 bits per heavy atom. The van der Waals surface area contributed by atoms with Gasteiger partial charge >= 0.3 is 0 Å². The zero-order valence-electron chi connectivity index (χ0n) is 33.6. The highest BCUT2D eigenvalue weighted by atomic mass is 79.9. The van der Waals surface area contributed by atoms with E-state index in [1.807, 2.05) is 0 Å². The Morgan fingerprint density at radius 3 is 0.878 bits per heavy atom. The van der Waals surface area contributed by atoms with Gasteiger partial charge in [0.05, 0.1) is 0 Å². The SMILES string of the molecule is CCCCCCCCCCCCCCCCCCCCCCCCCC(CCCCCCCCCCCCCCC)c1c(N)cccc1Br. The Morgan fingerprint density at radius 2 is 0.633 bits per heavy atom. The van der Waals surface area contributed by atoms with Crippen molar-refractivity contribution in [1.29, 1.82) is 0 Å². The molecule has 0 saturated carbocycles. The lowest BCUT2D eigenvalue weighted by molar-refractivity contribution is 0.479. The van der Waals surface area contributed by atoms with Gasteiger partial charge in [-0.1, -0.05) is 267 Å². The van der Waals surface area contributed by atoms with E-state index < -0.39 is 0 Å². The van der Waals surface area contributed by atoms with Crippen molar-refractivity contribution >= 4 is 21.6 Å². The van der Waals surface area contributed by atoms with Crippen molar-refractivity contribution in [2.24, 2.45) is 0 Å². The van der Waals surface area contributed by atoms with Crippen molar-refractivity contribution in [1.82, 2.24) is 0 Å². The van der Waals surface area contributed by atoms with Gasteiger partial charge in [0.2, 0.25) is 0 Å². The number of unbranched alkanes of at least 4 members (excludes halogenated alkanes) is 34. The van der Waals surface area contributed by atoms with E-state index in [2.05, 4.69) is 48.0 Å². The number of halogens is 1. The minimum atomic E-state index is 0.609. The molecule has 1 aromatic rings. The molecule has 0 fully saturated rings. The van der Waals surface area contributed by atoms with Crippen LogP contribution in [0, 0.1) is 0 Å². The fourth-order valence-corrected chi connectivity index (χ4v) is 8.71. The highest BCUT2D eigenvalue weighted by molar-refractivity contribution is 9.10. The summed E-state index contributed by atoms with van der Waals surface area (Å²) in [6.45, 7) is 4.61. The Labute approximate surface area is 318 Å². The van der Waals surface area contributed by atoms with Crippen LogP contribution in [0.4, 0.5) is 5.69 Å². The highest BCUT2D eigenvalue weighted by Gasteiger charge is 2.17. The molecule has 0 amide bonds. The van der Waals surface area contributed by atoms with Crippen molar-refractivity contribution in [2.45, 2.75) is 264 Å². The lowest BCUT2D eigenvalue weighted by Crippen LogP contribution is -2.05. The molecule has 1 atom stereocenters. The summed E-state index contributed by atoms with van der Waals surface area (Å²) in [5.74, 6) is 0.609. The number of hydrogen-bond acceptors (Lipinski definition) is 1. The van der Waals surface area contributed by atoms with E-state index in [1.54, 1.807) is 0 Å². The molecule has 0 bridgehead atoms. The summed E-state index contributed by atoms with van der Waals surface area (Å²) < 4.78 is 1.22. The Bertz CT molecular complexity index is 770. The van der Waals surface area contributed by atoms with Crippen LogP contribution in [0.2, 0.25) is 0 Å². The summed E-state index contributed by atoms with van der Waals surface area (Å²) in [5.41, 5.74) is 8.90. The first-order valence-electron chi connectivity index (χ1n) is 22.7. The predicted molar refractivity (Wildman–Crippen MR) is 228 cm³/mol. The highest BCUT2D eigenvalue weighted by Crippen LogP contribution is 2.37. The molecule has 2 N–H and O–H groups in total. The molecule has 0 aliphatic rings. The zero-order valence-corrected chi connectivity index (χ0v) is 35.2. The zero-order chi connectivity index (χ0) is 35.3. The molecule has 1 nitrogen and oxygen atoms in total. The summed E-state index contributed by atoms with van der Waals surface area (Å²) >= 11 is 3.85. The van der Waals surface area contributed by atoms with Crippen LogP contribution < -0.4 is 5.73 Å². The van der Waals surface area contributed by atoms with E-state index in [0.717, 1.165) is 5.69 Å². The van der Waals surface area contributed by atoms with E-state index in [4.69, 9.17) is 5.73 Å². The van der Waals surface area contributed by atoms with Gasteiger partial charge < -0.3 is 5.73 Å². The molecule has 1 unspecified atom stereocenters. The molecule has 0 aliphatic heterocycles. The lowest BCUT2D eigenvalue weighted by atomic mass is 9.87. The molecule has 1 rings (SSSR count). The van der Waals surface area contributed by atoms with Crippen LogP contribution in [0.3, 0.4) is 0 Å². The lowest BCUT2D eigenvalue weighted by Gasteiger charge is -2.21. The monoisotopic (exact) mass is 746 g/mol. The summed E-state index contributed by atoms with van der Waals surface area (Å²) in [6.07, 6.45) is 54.5. The average Bonchev–Trinajstić information content (AvgIpc) is 3.10. The van der Waals surface area contributed by atoms with Crippen molar-refractivity contribution in [3.63, 3.8) is 0 Å². The van der Waals surface area contributed by atoms with Gasteiger partial charge in [-0.3, -0.25) is 0 Å². The van der Waals surface area contributed by atoms with E-state index >= 15 is 0 Å². The van der Waals surface area contributed by atoms with Gasteiger partial charge in [-0.2, -0.15) is 0 Å². The molecule has 0 saturated heterocycles. The molecule has 1 aromatic carbocycles. The van der Waals surface area contributed by atoms with E-state index in [9.17, 15) is 0 Å². The fraction of sp³-hybridized carbons (Fsp3) is 0.872. The Balaban J connectivity index is 2.00. The topological polar surface area (TPSA) is 26.0 Å². The second-order valence-electron chi connectivity index (χ2n) is 16.0. The van der Waals surface area contributed by atoms with E-state index in [1.165, 1.54) is 254 Å². The minimum absolute atomic E-state index is 0.609. The third-order valence-corrected chi connectivity index (χ3v) is 12.0. The summed E-state index contributed by atoms with van der Waals surface area (Å²) in [6, 6.07) is 6.39. The summed E-state index contributed by atoms with van der Waals surface area (Å²) in [7, 11) is 0. The number of rotatable bonds is 39. The molecule has 288 valence electrons. The van der Waals surface area contributed by atoms with Crippen molar-refractivity contribution < 1.29 is 0 Å². The maximum atomic E-state index is 6.52. The van der Waals surface area contributed by atoms with Crippen molar-refractivity contribution in [3.05, 3.63) is 28.2 Å².